The number of fused-ring (bicyclic) bond motifs is 2. The fraction of sp³-hybridized carbons (Fsp3) is 0.414. The Kier molecular flexibility index (Phi) is 4.92. The Hall–Kier alpha value is -2.61. The van der Waals surface area contributed by atoms with Crippen molar-refractivity contribution in [3.63, 3.8) is 0 Å². The monoisotopic (exact) mass is 411 g/mol. The number of hydrogen-bond donors (Lipinski definition) is 0. The average Bonchev–Trinajstić information content (AvgIpc) is 2.99. The highest BCUT2D eigenvalue weighted by atomic mass is 15.2. The Morgan fingerprint density at radius 3 is 2.32 bits per heavy atom. The highest BCUT2D eigenvalue weighted by Gasteiger charge is 2.50. The van der Waals surface area contributed by atoms with Crippen LogP contribution in [0.4, 0.5) is 11.4 Å². The molecule has 5 rings (SSSR count). The number of anilines is 2. The normalized spacial score (nSPS) is 19.6. The summed E-state index contributed by atoms with van der Waals surface area (Å²) >= 11 is 0. The first kappa shape index (κ1) is 20.3. The molecule has 1 spiro atoms. The van der Waals surface area contributed by atoms with E-state index in [9.17, 15) is 0 Å². The first-order valence-electron chi connectivity index (χ1n) is 11.9. The summed E-state index contributed by atoms with van der Waals surface area (Å²) in [5.74, 6) is 0. The van der Waals surface area contributed by atoms with E-state index in [0.29, 0.717) is 6.04 Å². The highest BCUT2D eigenvalue weighted by molar-refractivity contribution is 5.80. The molecule has 2 heteroatoms. The van der Waals surface area contributed by atoms with E-state index in [1.807, 2.05) is 0 Å². The molecule has 0 N–H and O–H groups in total. The van der Waals surface area contributed by atoms with Crippen LogP contribution in [-0.4, -0.2) is 6.04 Å². The maximum atomic E-state index is 2.69. The molecule has 31 heavy (non-hydrogen) atoms. The van der Waals surface area contributed by atoms with Crippen LogP contribution in [0.5, 0.6) is 0 Å². The van der Waals surface area contributed by atoms with Gasteiger partial charge >= 0.3 is 0 Å². The zero-order valence-corrected chi connectivity index (χ0v) is 19.7. The second-order valence-electron chi connectivity index (χ2n) is 9.82. The van der Waals surface area contributed by atoms with E-state index < -0.39 is 0 Å². The molecule has 0 amide bonds. The molecular weight excluding hydrogens is 376 g/mol. The van der Waals surface area contributed by atoms with Gasteiger partial charge in [0.15, 0.2) is 11.9 Å². The van der Waals surface area contributed by atoms with Crippen LogP contribution < -0.4 is 9.47 Å². The molecule has 1 atom stereocenters. The van der Waals surface area contributed by atoms with Crippen molar-refractivity contribution < 1.29 is 4.57 Å². The fourth-order valence-corrected chi connectivity index (χ4v) is 6.66. The number of nitrogens with zero attached hydrogens (tertiary/aromatic N) is 2. The van der Waals surface area contributed by atoms with Crippen molar-refractivity contribution in [1.29, 1.82) is 0 Å². The molecule has 0 radical (unpaired) electrons. The molecular formula is C29H35N2+. The molecule has 3 aromatic rings. The number of hydrogen-bond acceptors (Lipinski definition) is 1. The molecule has 1 fully saturated rings. The van der Waals surface area contributed by atoms with Crippen LogP contribution in [0.2, 0.25) is 0 Å². The maximum absolute atomic E-state index is 2.69. The number of rotatable bonds is 2. The predicted molar refractivity (Wildman–Crippen MR) is 130 cm³/mol. The molecule has 1 aromatic heterocycles. The summed E-state index contributed by atoms with van der Waals surface area (Å²) in [5.41, 5.74) is 11.4. The first-order chi connectivity index (χ1) is 15.0. The van der Waals surface area contributed by atoms with Gasteiger partial charge in [0.25, 0.3) is 0 Å². The molecule has 0 unspecified atom stereocenters. The zero-order valence-electron chi connectivity index (χ0n) is 19.7. The van der Waals surface area contributed by atoms with Gasteiger partial charge in [0.2, 0.25) is 5.69 Å². The van der Waals surface area contributed by atoms with Crippen LogP contribution in [0.15, 0.2) is 54.7 Å². The summed E-state index contributed by atoms with van der Waals surface area (Å²) in [5, 5.41) is 0. The number of benzene rings is 2. The standard InChI is InChI=1S/C29H35N2/c1-20-19-21(2)28(23(4)27(20)30-18-12-9-13-22(30)3)31-24(5)29(16-10-6-11-17-29)25-14-7-8-15-26(25)31/h7-9,12-15,18-19,24H,6,10-11,16-17H2,1-5H3/q+1/t24-/m1/s1. The highest BCUT2D eigenvalue weighted by Crippen LogP contribution is 2.56. The van der Waals surface area contributed by atoms with Crippen LogP contribution in [-0.2, 0) is 5.41 Å². The van der Waals surface area contributed by atoms with Gasteiger partial charge in [0.05, 0.1) is 5.69 Å². The first-order valence-corrected chi connectivity index (χ1v) is 11.9. The van der Waals surface area contributed by atoms with Crippen molar-refractivity contribution in [2.75, 3.05) is 4.90 Å². The van der Waals surface area contributed by atoms with E-state index in [1.54, 1.807) is 5.56 Å². The summed E-state index contributed by atoms with van der Waals surface area (Å²) in [7, 11) is 0. The molecule has 1 aliphatic carbocycles. The quantitative estimate of drug-likeness (QED) is 0.414. The molecule has 0 saturated heterocycles. The van der Waals surface area contributed by atoms with Crippen LogP contribution >= 0.6 is 0 Å². The van der Waals surface area contributed by atoms with Gasteiger partial charge in [-0.3, -0.25) is 0 Å². The molecule has 1 saturated carbocycles. The Balaban J connectivity index is 1.74. The Morgan fingerprint density at radius 2 is 1.58 bits per heavy atom. The van der Waals surface area contributed by atoms with Gasteiger partial charge in [-0.2, -0.15) is 4.57 Å². The second kappa shape index (κ2) is 7.51. The summed E-state index contributed by atoms with van der Waals surface area (Å²) in [6.07, 6.45) is 8.91. The summed E-state index contributed by atoms with van der Waals surface area (Å²) in [6, 6.07) is 18.5. The zero-order chi connectivity index (χ0) is 21.8. The molecule has 2 heterocycles. The van der Waals surface area contributed by atoms with Crippen molar-refractivity contribution in [3.8, 4) is 5.69 Å². The lowest BCUT2D eigenvalue weighted by atomic mass is 9.67. The van der Waals surface area contributed by atoms with Gasteiger partial charge in [-0.25, -0.2) is 0 Å². The largest absolute Gasteiger partial charge is 0.337 e. The van der Waals surface area contributed by atoms with Crippen molar-refractivity contribution in [2.45, 2.75) is 78.2 Å². The third kappa shape index (κ3) is 2.95. The fourth-order valence-electron chi connectivity index (χ4n) is 6.66. The van der Waals surface area contributed by atoms with E-state index in [1.165, 1.54) is 71.6 Å². The number of pyridine rings is 1. The molecule has 160 valence electrons. The van der Waals surface area contributed by atoms with Gasteiger partial charge in [0.1, 0.15) is 0 Å². The molecule has 2 nitrogen and oxygen atoms in total. The second-order valence-corrected chi connectivity index (χ2v) is 9.82. The lowest BCUT2D eigenvalue weighted by molar-refractivity contribution is -0.603. The minimum Gasteiger partial charge on any atom is -0.337 e. The SMILES string of the molecule is Cc1cc(C)c(-[n+]2ccccc2C)c(C)c1N1c2ccccc2C2(CCCCC2)[C@H]1C. The minimum atomic E-state index is 0.286. The van der Waals surface area contributed by atoms with Crippen molar-refractivity contribution >= 4 is 11.4 Å². The third-order valence-electron chi connectivity index (χ3n) is 8.07. The van der Waals surface area contributed by atoms with E-state index in [4.69, 9.17) is 0 Å². The van der Waals surface area contributed by atoms with Gasteiger partial charge in [-0.05, 0) is 63.8 Å². The van der Waals surface area contributed by atoms with Crippen molar-refractivity contribution in [1.82, 2.24) is 0 Å². The predicted octanol–water partition coefficient (Wildman–Crippen LogP) is 6.94. The van der Waals surface area contributed by atoms with Gasteiger partial charge in [-0.15, -0.1) is 0 Å². The van der Waals surface area contributed by atoms with Gasteiger partial charge in [-0.1, -0.05) is 43.5 Å². The van der Waals surface area contributed by atoms with E-state index in [-0.39, 0.29) is 5.41 Å². The third-order valence-corrected chi connectivity index (χ3v) is 8.07. The van der Waals surface area contributed by atoms with Crippen LogP contribution in [0.1, 0.15) is 67.0 Å². The van der Waals surface area contributed by atoms with E-state index in [2.05, 4.69) is 98.8 Å². The molecule has 0 bridgehead atoms. The van der Waals surface area contributed by atoms with Gasteiger partial charge < -0.3 is 4.90 Å². The van der Waals surface area contributed by atoms with E-state index in [0.717, 1.165) is 0 Å². The molecule has 1 aliphatic heterocycles. The van der Waals surface area contributed by atoms with Crippen LogP contribution in [0, 0.1) is 27.7 Å². The maximum Gasteiger partial charge on any atom is 0.218 e. The number of para-hydroxylation sites is 1. The smallest absolute Gasteiger partial charge is 0.218 e. The Bertz CT molecular complexity index is 1140. The number of aryl methyl sites for hydroxylation is 3. The van der Waals surface area contributed by atoms with Crippen molar-refractivity contribution in [2.24, 2.45) is 0 Å². The molecule has 2 aromatic carbocycles. The van der Waals surface area contributed by atoms with Crippen LogP contribution in [0.3, 0.4) is 0 Å². The van der Waals surface area contributed by atoms with Gasteiger partial charge in [0, 0.05) is 47.3 Å². The Morgan fingerprint density at radius 1 is 0.871 bits per heavy atom. The topological polar surface area (TPSA) is 7.12 Å². The summed E-state index contributed by atoms with van der Waals surface area (Å²) < 4.78 is 2.36. The summed E-state index contributed by atoms with van der Waals surface area (Å²) in [4.78, 5) is 2.69. The minimum absolute atomic E-state index is 0.286. The van der Waals surface area contributed by atoms with Crippen molar-refractivity contribution in [3.05, 3.63) is 82.7 Å². The molecule has 2 aliphatic rings. The lowest BCUT2D eigenvalue weighted by Crippen LogP contribution is -2.43. The number of aromatic nitrogens is 1. The Labute approximate surface area is 187 Å². The van der Waals surface area contributed by atoms with E-state index >= 15 is 0 Å². The lowest BCUT2D eigenvalue weighted by Gasteiger charge is -2.41. The van der Waals surface area contributed by atoms with Crippen LogP contribution in [0.25, 0.3) is 5.69 Å². The average molecular weight is 412 g/mol. The summed E-state index contributed by atoms with van der Waals surface area (Å²) in [6.45, 7) is 11.5.